The SMILES string of the molecule is CNC(=O)c1c(-c2ccc(F)cc2)oc2cc(N(Cc3ccc(C(=O)OC)c(Br)c3)S(C)(=O)=O)c(C3CC3)cc12. The molecule has 0 atom stereocenters. The summed E-state index contributed by atoms with van der Waals surface area (Å²) < 4.78 is 52.7. The standard InChI is InChI=1S/C29H26BrFN2O6S/c1-32-28(34)26-22-13-21(17-5-6-17)24(14-25(22)39-27(26)18-7-9-19(31)10-8-18)33(40(3,36)37)15-16-4-11-20(23(30)12-16)29(35)38-2/h4,7-14,17H,5-6,15H2,1-3H3,(H,32,34). The lowest BCUT2D eigenvalue weighted by Gasteiger charge is -2.25. The molecule has 1 N–H and O–H groups in total. The molecule has 1 saturated carbocycles. The third-order valence-corrected chi connectivity index (χ3v) is 8.63. The van der Waals surface area contributed by atoms with Gasteiger partial charge in [-0.2, -0.15) is 0 Å². The van der Waals surface area contributed by atoms with Crippen LogP contribution in [0.5, 0.6) is 0 Å². The number of hydrogen-bond donors (Lipinski definition) is 1. The molecule has 40 heavy (non-hydrogen) atoms. The van der Waals surface area contributed by atoms with Gasteiger partial charge in [0.1, 0.15) is 17.2 Å². The fraction of sp³-hybridized carbons (Fsp3) is 0.241. The summed E-state index contributed by atoms with van der Waals surface area (Å²) in [5.74, 6) is -0.917. The number of nitrogens with zero attached hydrogens (tertiary/aromatic N) is 1. The Hall–Kier alpha value is -3.70. The Morgan fingerprint density at radius 1 is 1.12 bits per heavy atom. The van der Waals surface area contributed by atoms with Crippen LogP contribution in [0.4, 0.5) is 10.1 Å². The lowest BCUT2D eigenvalue weighted by atomic mass is 10.00. The van der Waals surface area contributed by atoms with Gasteiger partial charge in [0.05, 0.1) is 36.7 Å². The van der Waals surface area contributed by atoms with Crippen molar-refractivity contribution in [3.63, 3.8) is 0 Å². The van der Waals surface area contributed by atoms with E-state index in [0.717, 1.165) is 24.7 Å². The number of ether oxygens (including phenoxy) is 1. The lowest BCUT2D eigenvalue weighted by Crippen LogP contribution is -2.30. The van der Waals surface area contributed by atoms with Crippen LogP contribution in [-0.2, 0) is 21.3 Å². The van der Waals surface area contributed by atoms with E-state index in [0.29, 0.717) is 43.4 Å². The molecule has 11 heteroatoms. The quantitative estimate of drug-likeness (QED) is 0.240. The summed E-state index contributed by atoms with van der Waals surface area (Å²) in [5.41, 5.74) is 3.35. The summed E-state index contributed by atoms with van der Waals surface area (Å²) in [7, 11) is -0.973. The number of rotatable bonds is 8. The molecule has 1 aliphatic carbocycles. The van der Waals surface area contributed by atoms with E-state index in [1.54, 1.807) is 24.3 Å². The Bertz CT molecular complexity index is 1750. The molecular formula is C29H26BrFN2O6S. The second kappa shape index (κ2) is 10.7. The van der Waals surface area contributed by atoms with Crippen LogP contribution in [0.1, 0.15) is 50.6 Å². The first-order chi connectivity index (χ1) is 19.0. The van der Waals surface area contributed by atoms with Gasteiger partial charge in [-0.3, -0.25) is 9.10 Å². The molecule has 0 saturated heterocycles. The topological polar surface area (TPSA) is 106 Å². The first kappa shape index (κ1) is 27.9. The molecule has 1 aliphatic rings. The van der Waals surface area contributed by atoms with E-state index >= 15 is 0 Å². The van der Waals surface area contributed by atoms with Crippen LogP contribution < -0.4 is 9.62 Å². The van der Waals surface area contributed by atoms with Crippen molar-refractivity contribution < 1.29 is 31.6 Å². The van der Waals surface area contributed by atoms with Crippen molar-refractivity contribution in [3.8, 4) is 11.3 Å². The molecule has 0 aliphatic heterocycles. The Labute approximate surface area is 239 Å². The Kier molecular flexibility index (Phi) is 7.45. The van der Waals surface area contributed by atoms with Crippen LogP contribution in [0.25, 0.3) is 22.3 Å². The maximum Gasteiger partial charge on any atom is 0.339 e. The van der Waals surface area contributed by atoms with Gasteiger partial charge < -0.3 is 14.5 Å². The smallest absolute Gasteiger partial charge is 0.339 e. The highest BCUT2D eigenvalue weighted by Crippen LogP contribution is 2.48. The zero-order valence-corrected chi connectivity index (χ0v) is 24.4. The first-order valence-electron chi connectivity index (χ1n) is 12.4. The van der Waals surface area contributed by atoms with E-state index in [4.69, 9.17) is 9.15 Å². The fourth-order valence-electron chi connectivity index (χ4n) is 4.72. The highest BCUT2D eigenvalue weighted by Gasteiger charge is 2.33. The second-order valence-corrected chi connectivity index (χ2v) is 12.4. The molecule has 1 heterocycles. The van der Waals surface area contributed by atoms with E-state index in [1.807, 2.05) is 6.07 Å². The van der Waals surface area contributed by atoms with Crippen LogP contribution in [0.15, 0.2) is 63.5 Å². The van der Waals surface area contributed by atoms with Gasteiger partial charge in [-0.1, -0.05) is 6.07 Å². The number of amides is 1. The average Bonchev–Trinajstić information content (AvgIpc) is 3.70. The monoisotopic (exact) mass is 628 g/mol. The van der Waals surface area contributed by atoms with Crippen molar-refractivity contribution in [2.45, 2.75) is 25.3 Å². The molecule has 0 unspecified atom stereocenters. The minimum atomic E-state index is -3.77. The summed E-state index contributed by atoms with van der Waals surface area (Å²) in [4.78, 5) is 25.0. The van der Waals surface area contributed by atoms with Crippen LogP contribution in [-0.4, -0.2) is 40.7 Å². The molecule has 5 rings (SSSR count). The van der Waals surface area contributed by atoms with Gasteiger partial charge in [0, 0.05) is 28.5 Å². The minimum Gasteiger partial charge on any atom is -0.465 e. The minimum absolute atomic E-state index is 0.00204. The molecule has 208 valence electrons. The van der Waals surface area contributed by atoms with Crippen LogP contribution in [0.2, 0.25) is 0 Å². The normalized spacial score (nSPS) is 13.3. The maximum absolute atomic E-state index is 13.6. The number of halogens is 2. The second-order valence-electron chi connectivity index (χ2n) is 9.65. The number of benzene rings is 3. The molecule has 1 amide bonds. The van der Waals surface area contributed by atoms with Gasteiger partial charge in [-0.05, 0) is 88.3 Å². The van der Waals surface area contributed by atoms with Gasteiger partial charge in [-0.15, -0.1) is 0 Å². The molecule has 4 aromatic rings. The molecule has 8 nitrogen and oxygen atoms in total. The molecule has 0 radical (unpaired) electrons. The molecular weight excluding hydrogens is 603 g/mol. The van der Waals surface area contributed by atoms with Gasteiger partial charge in [0.2, 0.25) is 10.0 Å². The summed E-state index contributed by atoms with van der Waals surface area (Å²) in [6.45, 7) is -0.00204. The first-order valence-corrected chi connectivity index (χ1v) is 15.1. The predicted octanol–water partition coefficient (Wildman–Crippen LogP) is 5.99. The van der Waals surface area contributed by atoms with E-state index in [-0.39, 0.29) is 24.1 Å². The molecule has 0 spiro atoms. The number of furan rings is 1. The number of carbonyl (C=O) groups excluding carboxylic acids is 2. The van der Waals surface area contributed by atoms with Crippen LogP contribution >= 0.6 is 15.9 Å². The van der Waals surface area contributed by atoms with Crippen LogP contribution in [0.3, 0.4) is 0 Å². The van der Waals surface area contributed by atoms with Gasteiger partial charge in [0.25, 0.3) is 5.91 Å². The van der Waals surface area contributed by atoms with E-state index < -0.39 is 21.8 Å². The van der Waals surface area contributed by atoms with Crippen molar-refractivity contribution in [3.05, 3.63) is 87.1 Å². The van der Waals surface area contributed by atoms with Crippen molar-refractivity contribution in [1.82, 2.24) is 5.32 Å². The molecule has 1 fully saturated rings. The van der Waals surface area contributed by atoms with Crippen molar-refractivity contribution in [2.75, 3.05) is 24.7 Å². The number of esters is 1. The Morgan fingerprint density at radius 2 is 1.82 bits per heavy atom. The van der Waals surface area contributed by atoms with Gasteiger partial charge >= 0.3 is 5.97 Å². The fourth-order valence-corrected chi connectivity index (χ4v) is 6.21. The summed E-state index contributed by atoms with van der Waals surface area (Å²) in [6, 6.07) is 14.0. The number of carbonyl (C=O) groups is 2. The maximum atomic E-state index is 13.6. The highest BCUT2D eigenvalue weighted by atomic mass is 79.9. The third-order valence-electron chi connectivity index (χ3n) is 6.85. The van der Waals surface area contributed by atoms with E-state index in [9.17, 15) is 22.4 Å². The summed E-state index contributed by atoms with van der Waals surface area (Å²) in [5, 5.41) is 3.19. The van der Waals surface area contributed by atoms with Crippen LogP contribution in [0, 0.1) is 5.82 Å². The lowest BCUT2D eigenvalue weighted by molar-refractivity contribution is 0.0599. The van der Waals surface area contributed by atoms with Crippen molar-refractivity contribution in [2.24, 2.45) is 0 Å². The Balaban J connectivity index is 1.67. The Morgan fingerprint density at radius 3 is 2.40 bits per heavy atom. The number of nitrogens with one attached hydrogen (secondary N) is 1. The van der Waals surface area contributed by atoms with Crippen molar-refractivity contribution >= 4 is 54.5 Å². The van der Waals surface area contributed by atoms with Gasteiger partial charge in [0.15, 0.2) is 0 Å². The average molecular weight is 630 g/mol. The zero-order chi connectivity index (χ0) is 28.8. The molecule has 0 bridgehead atoms. The van der Waals surface area contributed by atoms with Gasteiger partial charge in [-0.25, -0.2) is 17.6 Å². The number of fused-ring (bicyclic) bond motifs is 1. The number of sulfonamides is 1. The largest absolute Gasteiger partial charge is 0.465 e. The molecule has 1 aromatic heterocycles. The summed E-state index contributed by atoms with van der Waals surface area (Å²) >= 11 is 3.38. The zero-order valence-electron chi connectivity index (χ0n) is 22.0. The molecule has 3 aromatic carbocycles. The van der Waals surface area contributed by atoms with Crippen molar-refractivity contribution in [1.29, 1.82) is 0 Å². The predicted molar refractivity (Wildman–Crippen MR) is 153 cm³/mol. The van der Waals surface area contributed by atoms with E-state index in [1.165, 1.54) is 42.7 Å². The number of methoxy groups -OCH3 is 1. The number of anilines is 1. The number of hydrogen-bond acceptors (Lipinski definition) is 6. The van der Waals surface area contributed by atoms with E-state index in [2.05, 4.69) is 21.2 Å². The summed E-state index contributed by atoms with van der Waals surface area (Å²) in [6.07, 6.45) is 2.90. The third kappa shape index (κ3) is 5.35. The highest BCUT2D eigenvalue weighted by molar-refractivity contribution is 9.10.